The lowest BCUT2D eigenvalue weighted by Gasteiger charge is -2.05. The molecule has 3 heteroatoms. The monoisotopic (exact) mass is 350 g/mol. The molecule has 0 aliphatic carbocycles. The quantitative estimate of drug-likeness (QED) is 0.127. The van der Waals surface area contributed by atoms with E-state index in [1.165, 1.54) is 77.0 Å². The summed E-state index contributed by atoms with van der Waals surface area (Å²) in [4.78, 5) is 22.4. The average molecular weight is 351 g/mol. The fourth-order valence-electron chi connectivity index (χ4n) is 2.84. The predicted molar refractivity (Wildman–Crippen MR) is 105 cm³/mol. The Bertz CT molecular complexity index is 385. The number of unbranched alkanes of at least 4 members (excludes halogenated alkanes) is 13. The summed E-state index contributed by atoms with van der Waals surface area (Å²) >= 11 is 0. The SMILES string of the molecule is C=CC(=O)OC(=O)C(=C)CCCCCCCCCCCCCCCC. The van der Waals surface area contributed by atoms with Crippen molar-refractivity contribution in [1.82, 2.24) is 0 Å². The Balaban J connectivity index is 3.30. The first-order valence-corrected chi connectivity index (χ1v) is 10.2. The number of rotatable bonds is 17. The normalized spacial score (nSPS) is 10.4. The zero-order chi connectivity index (χ0) is 18.8. The minimum atomic E-state index is -0.716. The van der Waals surface area contributed by atoms with Gasteiger partial charge in [0.25, 0.3) is 0 Å². The summed E-state index contributed by atoms with van der Waals surface area (Å²) in [7, 11) is 0. The van der Waals surface area contributed by atoms with E-state index in [0.717, 1.165) is 18.9 Å². The number of hydrogen-bond acceptors (Lipinski definition) is 3. The molecule has 0 fully saturated rings. The largest absolute Gasteiger partial charge is 0.386 e. The van der Waals surface area contributed by atoms with Crippen LogP contribution in [-0.2, 0) is 14.3 Å². The van der Waals surface area contributed by atoms with E-state index in [2.05, 4.69) is 24.8 Å². The summed E-state index contributed by atoms with van der Waals surface area (Å²) in [5.41, 5.74) is 0.370. The Hall–Kier alpha value is -1.38. The second kappa shape index (κ2) is 17.4. The fraction of sp³-hybridized carbons (Fsp3) is 0.727. The van der Waals surface area contributed by atoms with Crippen LogP contribution in [0.25, 0.3) is 0 Å². The highest BCUT2D eigenvalue weighted by molar-refractivity contribution is 5.98. The van der Waals surface area contributed by atoms with E-state index < -0.39 is 11.9 Å². The molecular formula is C22H38O3. The molecule has 0 aromatic rings. The van der Waals surface area contributed by atoms with E-state index in [1.807, 2.05) is 0 Å². The van der Waals surface area contributed by atoms with Gasteiger partial charge in [0.15, 0.2) is 0 Å². The molecule has 0 atom stereocenters. The predicted octanol–water partition coefficient (Wildman–Crippen LogP) is 6.67. The maximum absolute atomic E-state index is 11.5. The van der Waals surface area contributed by atoms with E-state index >= 15 is 0 Å². The molecule has 0 saturated heterocycles. The van der Waals surface area contributed by atoms with Gasteiger partial charge >= 0.3 is 11.9 Å². The first kappa shape index (κ1) is 23.6. The molecule has 0 aromatic carbocycles. The van der Waals surface area contributed by atoms with Gasteiger partial charge in [-0.2, -0.15) is 0 Å². The van der Waals surface area contributed by atoms with E-state index in [-0.39, 0.29) is 0 Å². The Morgan fingerprint density at radius 2 is 1.16 bits per heavy atom. The molecule has 0 N–H and O–H groups in total. The lowest BCUT2D eigenvalue weighted by molar-refractivity contribution is -0.153. The standard InChI is InChI=1S/C22H38O3/c1-4-6-7-8-9-10-11-12-13-14-15-16-17-18-19-20(3)22(24)25-21(23)5-2/h5H,2-4,6-19H2,1H3. The van der Waals surface area contributed by atoms with Gasteiger partial charge in [0, 0.05) is 11.6 Å². The number of hydrogen-bond donors (Lipinski definition) is 0. The third-order valence-electron chi connectivity index (χ3n) is 4.48. The lowest BCUT2D eigenvalue weighted by Crippen LogP contribution is -2.11. The maximum Gasteiger partial charge on any atom is 0.341 e. The van der Waals surface area contributed by atoms with Gasteiger partial charge in [-0.15, -0.1) is 0 Å². The van der Waals surface area contributed by atoms with Crippen LogP contribution in [0.15, 0.2) is 24.8 Å². The van der Waals surface area contributed by atoms with Crippen molar-refractivity contribution >= 4 is 11.9 Å². The molecule has 0 aromatic heterocycles. The van der Waals surface area contributed by atoms with Crippen LogP contribution in [0.4, 0.5) is 0 Å². The molecular weight excluding hydrogens is 312 g/mol. The summed E-state index contributed by atoms with van der Waals surface area (Å²) in [6.45, 7) is 9.20. The van der Waals surface area contributed by atoms with E-state index in [1.54, 1.807) is 0 Å². The van der Waals surface area contributed by atoms with Gasteiger partial charge < -0.3 is 4.74 Å². The van der Waals surface area contributed by atoms with Gasteiger partial charge in [0.05, 0.1) is 0 Å². The molecule has 0 aliphatic heterocycles. The van der Waals surface area contributed by atoms with Gasteiger partial charge in [-0.05, 0) is 12.8 Å². The van der Waals surface area contributed by atoms with Crippen molar-refractivity contribution in [1.29, 1.82) is 0 Å². The number of carbonyl (C=O) groups is 2. The molecule has 0 radical (unpaired) electrons. The van der Waals surface area contributed by atoms with Crippen molar-refractivity contribution in [2.45, 2.75) is 103 Å². The van der Waals surface area contributed by atoms with Crippen LogP contribution in [0.1, 0.15) is 103 Å². The zero-order valence-corrected chi connectivity index (χ0v) is 16.3. The molecule has 0 bridgehead atoms. The second-order valence-corrected chi connectivity index (χ2v) is 6.86. The van der Waals surface area contributed by atoms with Gasteiger partial charge in [0.2, 0.25) is 0 Å². The van der Waals surface area contributed by atoms with Crippen molar-refractivity contribution < 1.29 is 14.3 Å². The lowest BCUT2D eigenvalue weighted by atomic mass is 10.0. The Morgan fingerprint density at radius 1 is 0.760 bits per heavy atom. The second-order valence-electron chi connectivity index (χ2n) is 6.86. The minimum absolute atomic E-state index is 0.370. The van der Waals surface area contributed by atoms with Crippen molar-refractivity contribution in [3.8, 4) is 0 Å². The third kappa shape index (κ3) is 15.9. The van der Waals surface area contributed by atoms with Crippen LogP contribution < -0.4 is 0 Å². The van der Waals surface area contributed by atoms with E-state index in [9.17, 15) is 9.59 Å². The molecule has 0 heterocycles. The van der Waals surface area contributed by atoms with E-state index in [4.69, 9.17) is 0 Å². The number of esters is 2. The average Bonchev–Trinajstić information content (AvgIpc) is 2.61. The van der Waals surface area contributed by atoms with Crippen molar-refractivity contribution in [2.75, 3.05) is 0 Å². The Morgan fingerprint density at radius 3 is 1.56 bits per heavy atom. The molecule has 0 amide bonds. The van der Waals surface area contributed by atoms with Crippen molar-refractivity contribution in [2.24, 2.45) is 0 Å². The summed E-state index contributed by atoms with van der Waals surface area (Å²) in [5, 5.41) is 0. The minimum Gasteiger partial charge on any atom is -0.386 e. The topological polar surface area (TPSA) is 43.4 Å². The van der Waals surface area contributed by atoms with Crippen LogP contribution in [0, 0.1) is 0 Å². The zero-order valence-electron chi connectivity index (χ0n) is 16.3. The van der Waals surface area contributed by atoms with Crippen molar-refractivity contribution in [3.63, 3.8) is 0 Å². The summed E-state index contributed by atoms with van der Waals surface area (Å²) in [6.07, 6.45) is 19.8. The molecule has 0 unspecified atom stereocenters. The highest BCUT2D eigenvalue weighted by atomic mass is 16.6. The molecule has 144 valence electrons. The molecule has 0 rings (SSSR count). The third-order valence-corrected chi connectivity index (χ3v) is 4.48. The van der Waals surface area contributed by atoms with Gasteiger partial charge in [-0.1, -0.05) is 104 Å². The van der Waals surface area contributed by atoms with Gasteiger partial charge in [-0.3, -0.25) is 0 Å². The van der Waals surface area contributed by atoms with Crippen molar-refractivity contribution in [3.05, 3.63) is 24.8 Å². The first-order chi connectivity index (χ1) is 12.1. The molecule has 0 saturated carbocycles. The maximum atomic E-state index is 11.5. The summed E-state index contributed by atoms with van der Waals surface area (Å²) in [6, 6.07) is 0. The van der Waals surface area contributed by atoms with Crippen LogP contribution in [0.2, 0.25) is 0 Å². The van der Waals surface area contributed by atoms with E-state index in [0.29, 0.717) is 12.0 Å². The molecule has 25 heavy (non-hydrogen) atoms. The fourth-order valence-corrected chi connectivity index (χ4v) is 2.84. The first-order valence-electron chi connectivity index (χ1n) is 10.2. The Labute approximate surface area is 154 Å². The molecule has 0 aliphatic rings. The van der Waals surface area contributed by atoms with Crippen LogP contribution in [0.3, 0.4) is 0 Å². The van der Waals surface area contributed by atoms with Gasteiger partial charge in [-0.25, -0.2) is 9.59 Å². The van der Waals surface area contributed by atoms with Crippen LogP contribution >= 0.6 is 0 Å². The molecule has 3 nitrogen and oxygen atoms in total. The number of ether oxygens (including phenoxy) is 1. The Kier molecular flexibility index (Phi) is 16.5. The molecule has 0 spiro atoms. The summed E-state index contributed by atoms with van der Waals surface area (Å²) in [5.74, 6) is -1.34. The van der Waals surface area contributed by atoms with Crippen LogP contribution in [-0.4, -0.2) is 11.9 Å². The highest BCUT2D eigenvalue weighted by Gasteiger charge is 2.11. The highest BCUT2D eigenvalue weighted by Crippen LogP contribution is 2.14. The van der Waals surface area contributed by atoms with Gasteiger partial charge in [0.1, 0.15) is 0 Å². The van der Waals surface area contributed by atoms with Crippen LogP contribution in [0.5, 0.6) is 0 Å². The number of carbonyl (C=O) groups excluding carboxylic acids is 2. The summed E-state index contributed by atoms with van der Waals surface area (Å²) < 4.78 is 4.54. The smallest absolute Gasteiger partial charge is 0.341 e.